The Kier molecular flexibility index (Phi) is 5.03. The third-order valence-electron chi connectivity index (χ3n) is 3.21. The van der Waals surface area contributed by atoms with Gasteiger partial charge in [0, 0.05) is 12.1 Å². The van der Waals surface area contributed by atoms with Crippen molar-refractivity contribution in [3.05, 3.63) is 65.2 Å². The number of aryl methyl sites for hydroxylation is 1. The Morgan fingerprint density at radius 2 is 1.67 bits per heavy atom. The Balaban J connectivity index is 1.95. The Labute approximate surface area is 128 Å². The number of hydrogen-bond donors (Lipinski definition) is 1. The van der Waals surface area contributed by atoms with Crippen molar-refractivity contribution in [2.45, 2.75) is 46.4 Å². The molecule has 0 heterocycles. The largest absolute Gasteiger partial charge is 0.489 e. The molecule has 0 radical (unpaired) electrons. The topological polar surface area (TPSA) is 21.3 Å². The van der Waals surface area contributed by atoms with E-state index < -0.39 is 0 Å². The Morgan fingerprint density at radius 1 is 0.952 bits per heavy atom. The summed E-state index contributed by atoms with van der Waals surface area (Å²) in [5, 5.41) is 3.49. The highest BCUT2D eigenvalue weighted by Crippen LogP contribution is 2.16. The van der Waals surface area contributed by atoms with Gasteiger partial charge in [0.25, 0.3) is 0 Å². The van der Waals surface area contributed by atoms with Crippen molar-refractivity contribution < 1.29 is 4.74 Å². The minimum Gasteiger partial charge on any atom is -0.489 e. The first-order valence-corrected chi connectivity index (χ1v) is 7.45. The molecule has 0 spiro atoms. The highest BCUT2D eigenvalue weighted by Gasteiger charge is 2.08. The minimum atomic E-state index is 0.123. The van der Waals surface area contributed by atoms with Crippen molar-refractivity contribution in [1.82, 2.24) is 5.32 Å². The molecular formula is C19H25NO. The normalized spacial score (nSPS) is 11.4. The molecule has 2 aromatic carbocycles. The van der Waals surface area contributed by atoms with E-state index in [0.717, 1.165) is 12.3 Å². The average molecular weight is 283 g/mol. The van der Waals surface area contributed by atoms with Gasteiger partial charge < -0.3 is 10.1 Å². The van der Waals surface area contributed by atoms with Gasteiger partial charge in [-0.1, -0.05) is 42.0 Å². The van der Waals surface area contributed by atoms with Gasteiger partial charge in [0.2, 0.25) is 0 Å². The van der Waals surface area contributed by atoms with Crippen LogP contribution in [-0.2, 0) is 13.2 Å². The van der Waals surface area contributed by atoms with E-state index in [4.69, 9.17) is 4.74 Å². The second-order valence-electron chi connectivity index (χ2n) is 6.53. The lowest BCUT2D eigenvalue weighted by Gasteiger charge is -2.20. The zero-order chi connectivity index (χ0) is 15.3. The molecule has 0 saturated carbocycles. The van der Waals surface area contributed by atoms with Gasteiger partial charge in [-0.25, -0.2) is 0 Å². The molecule has 2 rings (SSSR count). The van der Waals surface area contributed by atoms with Crippen LogP contribution in [0.1, 0.15) is 37.5 Å². The smallest absolute Gasteiger partial charge is 0.120 e. The molecule has 0 amide bonds. The molecule has 0 atom stereocenters. The maximum absolute atomic E-state index is 5.89. The lowest BCUT2D eigenvalue weighted by molar-refractivity contribution is 0.305. The van der Waals surface area contributed by atoms with Crippen LogP contribution in [-0.4, -0.2) is 5.54 Å². The van der Waals surface area contributed by atoms with Crippen molar-refractivity contribution in [2.75, 3.05) is 0 Å². The van der Waals surface area contributed by atoms with Crippen molar-refractivity contribution >= 4 is 0 Å². The van der Waals surface area contributed by atoms with Gasteiger partial charge in [0.05, 0.1) is 0 Å². The van der Waals surface area contributed by atoms with Crippen LogP contribution in [0, 0.1) is 6.92 Å². The molecule has 2 heteroatoms. The quantitative estimate of drug-likeness (QED) is 0.874. The highest BCUT2D eigenvalue weighted by atomic mass is 16.5. The number of nitrogens with one attached hydrogen (secondary N) is 1. The summed E-state index contributed by atoms with van der Waals surface area (Å²) >= 11 is 0. The highest BCUT2D eigenvalue weighted by molar-refractivity contribution is 5.29. The molecule has 1 N–H and O–H groups in total. The Morgan fingerprint density at radius 3 is 2.38 bits per heavy atom. The molecule has 0 bridgehead atoms. The van der Waals surface area contributed by atoms with Crippen molar-refractivity contribution in [3.8, 4) is 5.75 Å². The molecule has 0 saturated heterocycles. The number of ether oxygens (including phenoxy) is 1. The van der Waals surface area contributed by atoms with E-state index in [1.54, 1.807) is 0 Å². The lowest BCUT2D eigenvalue weighted by atomic mass is 10.1. The molecule has 0 aliphatic carbocycles. The van der Waals surface area contributed by atoms with Crippen LogP contribution in [0.5, 0.6) is 5.75 Å². The number of benzene rings is 2. The van der Waals surface area contributed by atoms with Crippen molar-refractivity contribution in [1.29, 1.82) is 0 Å². The average Bonchev–Trinajstić information content (AvgIpc) is 2.43. The van der Waals surface area contributed by atoms with Gasteiger partial charge in [-0.2, -0.15) is 0 Å². The fraction of sp³-hybridized carbons (Fsp3) is 0.368. The van der Waals surface area contributed by atoms with Crippen LogP contribution in [0.3, 0.4) is 0 Å². The first-order chi connectivity index (χ1) is 9.92. The van der Waals surface area contributed by atoms with E-state index in [9.17, 15) is 0 Å². The van der Waals surface area contributed by atoms with Crippen molar-refractivity contribution in [2.24, 2.45) is 0 Å². The van der Waals surface area contributed by atoms with Gasteiger partial charge in [-0.3, -0.25) is 0 Å². The summed E-state index contributed by atoms with van der Waals surface area (Å²) in [6.45, 7) is 10.1. The molecule has 0 aliphatic heterocycles. The molecule has 0 aromatic heterocycles. The van der Waals surface area contributed by atoms with Gasteiger partial charge in [-0.05, 0) is 51.0 Å². The summed E-state index contributed by atoms with van der Waals surface area (Å²) < 4.78 is 5.89. The Hall–Kier alpha value is -1.80. The second kappa shape index (κ2) is 6.77. The van der Waals surface area contributed by atoms with Gasteiger partial charge in [-0.15, -0.1) is 0 Å². The van der Waals surface area contributed by atoms with E-state index in [1.807, 2.05) is 12.1 Å². The third kappa shape index (κ3) is 5.60. The maximum atomic E-state index is 5.89. The van der Waals surface area contributed by atoms with E-state index in [-0.39, 0.29) is 5.54 Å². The van der Waals surface area contributed by atoms with Gasteiger partial charge in [0.1, 0.15) is 12.4 Å². The SMILES string of the molecule is Cc1cccc(COc2cccc(CNC(C)(C)C)c2)c1. The first-order valence-electron chi connectivity index (χ1n) is 7.45. The lowest BCUT2D eigenvalue weighted by Crippen LogP contribution is -2.35. The monoisotopic (exact) mass is 283 g/mol. The number of rotatable bonds is 5. The summed E-state index contributed by atoms with van der Waals surface area (Å²) in [5.74, 6) is 0.921. The van der Waals surface area contributed by atoms with Crippen LogP contribution in [0.2, 0.25) is 0 Å². The molecule has 0 unspecified atom stereocenters. The van der Waals surface area contributed by atoms with E-state index in [0.29, 0.717) is 6.61 Å². The molecule has 0 fully saturated rings. The van der Waals surface area contributed by atoms with E-state index in [1.165, 1.54) is 16.7 Å². The Bertz CT molecular complexity index is 584. The fourth-order valence-electron chi connectivity index (χ4n) is 2.08. The van der Waals surface area contributed by atoms with Crippen LogP contribution >= 0.6 is 0 Å². The zero-order valence-corrected chi connectivity index (χ0v) is 13.4. The summed E-state index contributed by atoms with van der Waals surface area (Å²) in [4.78, 5) is 0. The third-order valence-corrected chi connectivity index (χ3v) is 3.21. The minimum absolute atomic E-state index is 0.123. The predicted molar refractivity (Wildman–Crippen MR) is 88.5 cm³/mol. The van der Waals surface area contributed by atoms with E-state index in [2.05, 4.69) is 69.4 Å². The van der Waals surface area contributed by atoms with Gasteiger partial charge >= 0.3 is 0 Å². The second-order valence-corrected chi connectivity index (χ2v) is 6.53. The summed E-state index contributed by atoms with van der Waals surface area (Å²) in [7, 11) is 0. The fourth-order valence-corrected chi connectivity index (χ4v) is 2.08. The van der Waals surface area contributed by atoms with E-state index >= 15 is 0 Å². The van der Waals surface area contributed by atoms with Crippen molar-refractivity contribution in [3.63, 3.8) is 0 Å². The van der Waals surface area contributed by atoms with Gasteiger partial charge in [0.15, 0.2) is 0 Å². The summed E-state index contributed by atoms with van der Waals surface area (Å²) in [6, 6.07) is 16.7. The molecule has 112 valence electrons. The molecular weight excluding hydrogens is 258 g/mol. The summed E-state index contributed by atoms with van der Waals surface area (Å²) in [5.41, 5.74) is 3.83. The first kappa shape index (κ1) is 15.6. The predicted octanol–water partition coefficient (Wildman–Crippen LogP) is 4.46. The molecule has 2 aromatic rings. The molecule has 2 nitrogen and oxygen atoms in total. The molecule has 0 aliphatic rings. The standard InChI is InChI=1S/C19H25NO/c1-15-7-5-9-17(11-15)14-21-18-10-6-8-16(12-18)13-20-19(2,3)4/h5-12,20H,13-14H2,1-4H3. The summed E-state index contributed by atoms with van der Waals surface area (Å²) in [6.07, 6.45) is 0. The maximum Gasteiger partial charge on any atom is 0.120 e. The van der Waals surface area contributed by atoms with Crippen LogP contribution in [0.25, 0.3) is 0 Å². The number of hydrogen-bond acceptors (Lipinski definition) is 2. The molecule has 21 heavy (non-hydrogen) atoms. The zero-order valence-electron chi connectivity index (χ0n) is 13.4. The van der Waals surface area contributed by atoms with Crippen LogP contribution in [0.15, 0.2) is 48.5 Å². The van der Waals surface area contributed by atoms with Crippen LogP contribution < -0.4 is 10.1 Å². The van der Waals surface area contributed by atoms with Crippen LogP contribution in [0.4, 0.5) is 0 Å².